The van der Waals surface area contributed by atoms with Crippen molar-refractivity contribution in [1.82, 2.24) is 15.1 Å². The predicted octanol–water partition coefficient (Wildman–Crippen LogP) is 1.42. The van der Waals surface area contributed by atoms with Crippen LogP contribution in [0.3, 0.4) is 0 Å². The Bertz CT molecular complexity index is 311. The molecule has 2 heterocycles. The van der Waals surface area contributed by atoms with Gasteiger partial charge in [-0.05, 0) is 38.6 Å². The molecule has 116 valence electrons. The zero-order valence-electron chi connectivity index (χ0n) is 12.7. The van der Waals surface area contributed by atoms with E-state index in [9.17, 15) is 9.90 Å². The van der Waals surface area contributed by atoms with Gasteiger partial charge in [-0.1, -0.05) is 13.3 Å². The van der Waals surface area contributed by atoms with E-state index in [1.807, 2.05) is 0 Å². The summed E-state index contributed by atoms with van der Waals surface area (Å²) < 4.78 is 0. The van der Waals surface area contributed by atoms with Crippen LogP contribution in [-0.2, 0) is 0 Å². The summed E-state index contributed by atoms with van der Waals surface area (Å²) in [4.78, 5) is 16.3. The van der Waals surface area contributed by atoms with Crippen molar-refractivity contribution in [2.24, 2.45) is 0 Å². The van der Waals surface area contributed by atoms with Crippen LogP contribution >= 0.6 is 0 Å². The monoisotopic (exact) mass is 283 g/mol. The number of urea groups is 1. The average molecular weight is 283 g/mol. The molecule has 2 fully saturated rings. The van der Waals surface area contributed by atoms with Crippen molar-refractivity contribution in [3.63, 3.8) is 0 Å². The third kappa shape index (κ3) is 4.35. The second kappa shape index (κ2) is 7.84. The van der Waals surface area contributed by atoms with Crippen LogP contribution in [0.15, 0.2) is 0 Å². The largest absolute Gasteiger partial charge is 0.391 e. The molecule has 20 heavy (non-hydrogen) atoms. The summed E-state index contributed by atoms with van der Waals surface area (Å²) >= 11 is 0. The summed E-state index contributed by atoms with van der Waals surface area (Å²) in [5.74, 6) is 0. The Hall–Kier alpha value is -0.810. The lowest BCUT2D eigenvalue weighted by molar-refractivity contribution is 0.0834. The standard InChI is InChI=1S/C15H29N3O2/c1-2-13-6-3-4-9-17(13)11-8-16-15(20)18-10-5-7-14(19)12-18/h13-14,19H,2-12H2,1H3,(H,16,20). The molecule has 0 spiro atoms. The van der Waals surface area contributed by atoms with Crippen molar-refractivity contribution in [3.05, 3.63) is 0 Å². The maximum Gasteiger partial charge on any atom is 0.317 e. The number of nitrogens with one attached hydrogen (secondary N) is 1. The van der Waals surface area contributed by atoms with Crippen molar-refractivity contribution in [3.8, 4) is 0 Å². The maximum absolute atomic E-state index is 12.0. The minimum absolute atomic E-state index is 0.0196. The molecule has 2 aliphatic rings. The number of aliphatic hydroxyl groups is 1. The van der Waals surface area contributed by atoms with Crippen molar-refractivity contribution in [2.45, 2.75) is 57.6 Å². The molecule has 2 atom stereocenters. The van der Waals surface area contributed by atoms with Crippen LogP contribution in [0.4, 0.5) is 4.79 Å². The van der Waals surface area contributed by atoms with Crippen LogP contribution in [-0.4, -0.2) is 65.8 Å². The highest BCUT2D eigenvalue weighted by Gasteiger charge is 2.23. The molecule has 5 heteroatoms. The second-order valence-electron chi connectivity index (χ2n) is 6.07. The Labute approximate surface area is 122 Å². The lowest BCUT2D eigenvalue weighted by Crippen LogP contribution is -2.49. The van der Waals surface area contributed by atoms with Crippen LogP contribution in [0, 0.1) is 0 Å². The molecule has 2 unspecified atom stereocenters. The molecular weight excluding hydrogens is 254 g/mol. The zero-order chi connectivity index (χ0) is 14.4. The van der Waals surface area contributed by atoms with Gasteiger partial charge in [0.25, 0.3) is 0 Å². The van der Waals surface area contributed by atoms with Gasteiger partial charge < -0.3 is 15.3 Å². The topological polar surface area (TPSA) is 55.8 Å². The molecule has 0 bridgehead atoms. The number of carbonyl (C=O) groups excluding carboxylic acids is 1. The SMILES string of the molecule is CCC1CCCCN1CCNC(=O)N1CCCC(O)C1. The number of amides is 2. The summed E-state index contributed by atoms with van der Waals surface area (Å²) in [7, 11) is 0. The molecule has 0 saturated carbocycles. The summed E-state index contributed by atoms with van der Waals surface area (Å²) in [6.45, 7) is 6.31. The van der Waals surface area contributed by atoms with Gasteiger partial charge in [-0.3, -0.25) is 4.90 Å². The maximum atomic E-state index is 12.0. The highest BCUT2D eigenvalue weighted by molar-refractivity contribution is 5.74. The number of carbonyl (C=O) groups is 1. The van der Waals surface area contributed by atoms with Gasteiger partial charge >= 0.3 is 6.03 Å². The lowest BCUT2D eigenvalue weighted by Gasteiger charge is -2.35. The van der Waals surface area contributed by atoms with Gasteiger partial charge in [0.1, 0.15) is 0 Å². The molecule has 2 saturated heterocycles. The summed E-state index contributed by atoms with van der Waals surface area (Å²) in [5, 5.41) is 12.6. The van der Waals surface area contributed by atoms with Gasteiger partial charge in [-0.25, -0.2) is 4.79 Å². The minimum Gasteiger partial charge on any atom is -0.391 e. The van der Waals surface area contributed by atoms with Crippen molar-refractivity contribution in [2.75, 3.05) is 32.7 Å². The number of β-amino-alcohol motifs (C(OH)–C–C–N with tert-alkyl or cyclic N) is 1. The molecule has 5 nitrogen and oxygen atoms in total. The normalized spacial score (nSPS) is 28.4. The first kappa shape index (κ1) is 15.6. The highest BCUT2D eigenvalue weighted by Crippen LogP contribution is 2.18. The van der Waals surface area contributed by atoms with Crippen LogP contribution in [0.5, 0.6) is 0 Å². The first-order valence-electron chi connectivity index (χ1n) is 8.15. The van der Waals surface area contributed by atoms with E-state index in [1.165, 1.54) is 25.7 Å². The van der Waals surface area contributed by atoms with Crippen LogP contribution in [0.25, 0.3) is 0 Å². The molecule has 2 aliphatic heterocycles. The third-order valence-corrected chi connectivity index (χ3v) is 4.58. The van der Waals surface area contributed by atoms with Crippen molar-refractivity contribution in [1.29, 1.82) is 0 Å². The Morgan fingerprint density at radius 3 is 2.85 bits per heavy atom. The highest BCUT2D eigenvalue weighted by atomic mass is 16.3. The number of rotatable bonds is 4. The smallest absolute Gasteiger partial charge is 0.317 e. The number of piperidine rings is 2. The van der Waals surface area contributed by atoms with Gasteiger partial charge in [0.2, 0.25) is 0 Å². The Kier molecular flexibility index (Phi) is 6.10. The van der Waals surface area contributed by atoms with Gasteiger partial charge in [0.05, 0.1) is 6.10 Å². The van der Waals surface area contributed by atoms with Gasteiger partial charge in [0.15, 0.2) is 0 Å². The number of likely N-dealkylation sites (tertiary alicyclic amines) is 2. The van der Waals surface area contributed by atoms with Crippen LogP contribution in [0.2, 0.25) is 0 Å². The molecule has 0 aromatic carbocycles. The average Bonchev–Trinajstić information content (AvgIpc) is 2.47. The molecule has 2 rings (SSSR count). The lowest BCUT2D eigenvalue weighted by atomic mass is 10.0. The Morgan fingerprint density at radius 1 is 1.25 bits per heavy atom. The van der Waals surface area contributed by atoms with E-state index in [4.69, 9.17) is 0 Å². The van der Waals surface area contributed by atoms with E-state index in [2.05, 4.69) is 17.1 Å². The number of hydrogen-bond acceptors (Lipinski definition) is 3. The van der Waals surface area contributed by atoms with E-state index in [0.29, 0.717) is 19.1 Å². The van der Waals surface area contributed by atoms with Gasteiger partial charge in [-0.2, -0.15) is 0 Å². The summed E-state index contributed by atoms with van der Waals surface area (Å²) in [6.07, 6.45) is 6.49. The van der Waals surface area contributed by atoms with Crippen LogP contribution in [0.1, 0.15) is 45.4 Å². The predicted molar refractivity (Wildman–Crippen MR) is 79.7 cm³/mol. The van der Waals surface area contributed by atoms with E-state index in [1.54, 1.807) is 4.90 Å². The summed E-state index contributed by atoms with van der Waals surface area (Å²) in [5.41, 5.74) is 0. The van der Waals surface area contributed by atoms with E-state index >= 15 is 0 Å². The van der Waals surface area contributed by atoms with Gasteiger partial charge in [0, 0.05) is 32.2 Å². The fourth-order valence-electron chi connectivity index (χ4n) is 3.37. The molecule has 0 radical (unpaired) electrons. The first-order chi connectivity index (χ1) is 9.70. The number of aliphatic hydroxyl groups excluding tert-OH is 1. The molecule has 0 aliphatic carbocycles. The van der Waals surface area contributed by atoms with E-state index in [-0.39, 0.29) is 12.1 Å². The second-order valence-corrected chi connectivity index (χ2v) is 6.07. The Morgan fingerprint density at radius 2 is 2.10 bits per heavy atom. The van der Waals surface area contributed by atoms with E-state index < -0.39 is 0 Å². The first-order valence-corrected chi connectivity index (χ1v) is 8.15. The van der Waals surface area contributed by atoms with Crippen molar-refractivity contribution >= 4 is 6.03 Å². The third-order valence-electron chi connectivity index (χ3n) is 4.58. The van der Waals surface area contributed by atoms with Crippen molar-refractivity contribution < 1.29 is 9.90 Å². The van der Waals surface area contributed by atoms with Crippen LogP contribution < -0.4 is 5.32 Å². The molecule has 0 aromatic rings. The van der Waals surface area contributed by atoms with Gasteiger partial charge in [-0.15, -0.1) is 0 Å². The fraction of sp³-hybridized carbons (Fsp3) is 0.933. The number of hydrogen-bond donors (Lipinski definition) is 2. The quantitative estimate of drug-likeness (QED) is 0.820. The molecule has 2 amide bonds. The fourth-order valence-corrected chi connectivity index (χ4v) is 3.37. The molecule has 0 aromatic heterocycles. The molecular formula is C15H29N3O2. The molecule has 2 N–H and O–H groups in total. The zero-order valence-corrected chi connectivity index (χ0v) is 12.7. The minimum atomic E-state index is -0.346. The number of nitrogens with zero attached hydrogens (tertiary/aromatic N) is 2. The summed E-state index contributed by atoms with van der Waals surface area (Å²) in [6, 6.07) is 0.672. The van der Waals surface area contributed by atoms with E-state index in [0.717, 1.165) is 32.5 Å². The Balaban J connectivity index is 1.68.